The zero-order chi connectivity index (χ0) is 26.3. The summed E-state index contributed by atoms with van der Waals surface area (Å²) < 4.78 is 5.43. The molecule has 3 aliphatic rings. The van der Waals surface area contributed by atoms with Crippen LogP contribution in [0.4, 0.5) is 5.82 Å². The Morgan fingerprint density at radius 1 is 1.27 bits per heavy atom. The normalized spacial score (nSPS) is 28.5. The van der Waals surface area contributed by atoms with Gasteiger partial charge in [-0.25, -0.2) is 15.3 Å². The van der Waals surface area contributed by atoms with E-state index in [1.54, 1.807) is 18.3 Å². The van der Waals surface area contributed by atoms with Gasteiger partial charge in [0.2, 0.25) is 0 Å². The number of ketones is 1. The fourth-order valence-corrected chi connectivity index (χ4v) is 5.80. The molecule has 1 aromatic heterocycles. The van der Waals surface area contributed by atoms with Crippen LogP contribution in [-0.4, -0.2) is 73.7 Å². The van der Waals surface area contributed by atoms with Crippen LogP contribution in [0.3, 0.4) is 0 Å². The van der Waals surface area contributed by atoms with Crippen molar-refractivity contribution in [3.63, 3.8) is 0 Å². The number of nitrogens with zero attached hydrogens (tertiary/aromatic N) is 2. The van der Waals surface area contributed by atoms with Crippen LogP contribution in [0.25, 0.3) is 6.08 Å². The number of Topliss-reactive ketones (excluding diaryl/α,β-unsaturated/α-hetero) is 1. The molecule has 2 aliphatic heterocycles. The van der Waals surface area contributed by atoms with Crippen molar-refractivity contribution >= 4 is 35.2 Å². The number of hydrogen-bond donors (Lipinski definition) is 3. The molecular formula is C27H40ClN5O4. The van der Waals surface area contributed by atoms with Crippen molar-refractivity contribution in [1.82, 2.24) is 20.7 Å². The van der Waals surface area contributed by atoms with Crippen LogP contribution in [0.15, 0.2) is 18.3 Å². The van der Waals surface area contributed by atoms with Crippen molar-refractivity contribution in [2.75, 3.05) is 45.7 Å². The van der Waals surface area contributed by atoms with Crippen molar-refractivity contribution in [3.05, 3.63) is 28.9 Å². The third-order valence-electron chi connectivity index (χ3n) is 7.54. The Hall–Kier alpha value is -2.04. The van der Waals surface area contributed by atoms with Gasteiger partial charge in [-0.05, 0) is 89.2 Å². The number of hydroxylamine groups is 1. The molecule has 4 rings (SSSR count). The van der Waals surface area contributed by atoms with E-state index < -0.39 is 17.7 Å². The molecule has 1 unspecified atom stereocenters. The molecule has 1 aliphatic carbocycles. The van der Waals surface area contributed by atoms with Crippen molar-refractivity contribution in [1.29, 1.82) is 0 Å². The van der Waals surface area contributed by atoms with Gasteiger partial charge in [0.05, 0.1) is 5.02 Å². The summed E-state index contributed by atoms with van der Waals surface area (Å²) in [7, 11) is 4.21. The Labute approximate surface area is 224 Å². The molecule has 2 atom stereocenters. The van der Waals surface area contributed by atoms with E-state index >= 15 is 0 Å². The molecule has 0 radical (unpaired) electrons. The van der Waals surface area contributed by atoms with Crippen LogP contribution < -0.4 is 16.1 Å². The predicted molar refractivity (Wildman–Crippen MR) is 144 cm³/mol. The van der Waals surface area contributed by atoms with Gasteiger partial charge in [-0.15, -0.1) is 0 Å². The summed E-state index contributed by atoms with van der Waals surface area (Å²) in [5, 5.41) is 7.17. The van der Waals surface area contributed by atoms with Crippen LogP contribution in [0.1, 0.15) is 56.9 Å². The minimum Gasteiger partial charge on any atom is -0.355 e. The van der Waals surface area contributed by atoms with E-state index in [1.165, 1.54) is 6.08 Å². The number of nitrogens with one attached hydrogen (secondary N) is 3. The lowest BCUT2D eigenvalue weighted by molar-refractivity contribution is -0.198. The van der Waals surface area contributed by atoms with Gasteiger partial charge in [-0.2, -0.15) is 0 Å². The summed E-state index contributed by atoms with van der Waals surface area (Å²) in [6, 6.07) is 1.73. The molecule has 3 heterocycles. The molecule has 204 valence electrons. The first-order valence-corrected chi connectivity index (χ1v) is 13.8. The number of carbonyl (C=O) groups is 2. The number of aromatic nitrogens is 1. The third-order valence-corrected chi connectivity index (χ3v) is 7.83. The standard InChI is InChI=1S/C27H40ClN5O4/c1-33(2)17-19-6-9-21(10-7-19)25(35)27(12-13-29-18-27)31-26-22(28)15-20(16-30-26)8-11-23(34)32-37-24-5-3-4-14-36-24/h8,11,15-16,19,21,24,29H,3-7,9-10,12-14,17-18H2,1-2H3,(H,30,31)(H,32,34)/b11-8+/t19-,21-,24?,27-/m1/s1. The molecule has 10 heteroatoms. The third kappa shape index (κ3) is 7.74. The maximum atomic E-state index is 13.7. The monoisotopic (exact) mass is 533 g/mol. The summed E-state index contributed by atoms with van der Waals surface area (Å²) in [6.45, 7) is 3.06. The molecule has 1 saturated carbocycles. The maximum Gasteiger partial charge on any atom is 0.267 e. The van der Waals surface area contributed by atoms with Gasteiger partial charge in [-0.1, -0.05) is 11.6 Å². The highest BCUT2D eigenvalue weighted by molar-refractivity contribution is 6.33. The number of rotatable bonds is 10. The zero-order valence-corrected chi connectivity index (χ0v) is 22.7. The van der Waals surface area contributed by atoms with Crippen LogP contribution in [0.5, 0.6) is 0 Å². The molecule has 2 saturated heterocycles. The number of amides is 1. The summed E-state index contributed by atoms with van der Waals surface area (Å²) in [4.78, 5) is 37.8. The highest BCUT2D eigenvalue weighted by Gasteiger charge is 2.45. The van der Waals surface area contributed by atoms with E-state index in [2.05, 4.69) is 40.1 Å². The van der Waals surface area contributed by atoms with Gasteiger partial charge in [0.25, 0.3) is 5.91 Å². The highest BCUT2D eigenvalue weighted by Crippen LogP contribution is 2.36. The lowest BCUT2D eigenvalue weighted by Crippen LogP contribution is -2.52. The number of pyridine rings is 1. The van der Waals surface area contributed by atoms with Crippen molar-refractivity contribution in [2.24, 2.45) is 11.8 Å². The molecule has 0 aromatic carbocycles. The predicted octanol–water partition coefficient (Wildman–Crippen LogP) is 3.40. The molecule has 3 fully saturated rings. The second-order valence-corrected chi connectivity index (χ2v) is 11.2. The number of anilines is 1. The Balaban J connectivity index is 1.34. The van der Waals surface area contributed by atoms with E-state index in [0.717, 1.165) is 58.0 Å². The van der Waals surface area contributed by atoms with Gasteiger partial charge in [0, 0.05) is 44.3 Å². The van der Waals surface area contributed by atoms with Crippen molar-refractivity contribution in [3.8, 4) is 0 Å². The number of carbonyl (C=O) groups excluding carboxylic acids is 2. The summed E-state index contributed by atoms with van der Waals surface area (Å²) in [5.74, 6) is 1.08. The number of ether oxygens (including phenoxy) is 1. The van der Waals surface area contributed by atoms with Crippen LogP contribution in [0, 0.1) is 11.8 Å². The minimum atomic E-state index is -0.703. The lowest BCUT2D eigenvalue weighted by atomic mass is 9.74. The fourth-order valence-electron chi connectivity index (χ4n) is 5.58. The first kappa shape index (κ1) is 28.0. The summed E-state index contributed by atoms with van der Waals surface area (Å²) in [5.41, 5.74) is 2.36. The van der Waals surface area contributed by atoms with E-state index in [9.17, 15) is 9.59 Å². The largest absolute Gasteiger partial charge is 0.355 e. The molecule has 9 nitrogen and oxygen atoms in total. The Kier molecular flexibility index (Phi) is 9.95. The molecule has 0 spiro atoms. The molecule has 1 aromatic rings. The smallest absolute Gasteiger partial charge is 0.267 e. The molecule has 37 heavy (non-hydrogen) atoms. The molecule has 3 N–H and O–H groups in total. The van der Waals surface area contributed by atoms with Crippen LogP contribution in [-0.2, 0) is 19.2 Å². The zero-order valence-electron chi connectivity index (χ0n) is 21.9. The van der Waals surface area contributed by atoms with Crippen molar-refractivity contribution in [2.45, 2.75) is 63.2 Å². The lowest BCUT2D eigenvalue weighted by Gasteiger charge is -2.36. The Bertz CT molecular complexity index is 952. The number of halogens is 1. The minimum absolute atomic E-state index is 0.0616. The average molecular weight is 534 g/mol. The molecule has 1 amide bonds. The van der Waals surface area contributed by atoms with Gasteiger partial charge < -0.3 is 20.3 Å². The quantitative estimate of drug-likeness (QED) is 0.310. The van der Waals surface area contributed by atoms with Gasteiger partial charge in [0.1, 0.15) is 11.4 Å². The second kappa shape index (κ2) is 13.2. The summed E-state index contributed by atoms with van der Waals surface area (Å²) in [6.07, 6.45) is 11.7. The van der Waals surface area contributed by atoms with Gasteiger partial charge in [0.15, 0.2) is 12.1 Å². The Morgan fingerprint density at radius 2 is 2.08 bits per heavy atom. The van der Waals surface area contributed by atoms with Gasteiger partial charge >= 0.3 is 0 Å². The Morgan fingerprint density at radius 3 is 2.73 bits per heavy atom. The topological polar surface area (TPSA) is 105 Å². The SMILES string of the molecule is CN(C)C[C@H]1CC[C@H](C(=O)[C@@]2(Nc3ncc(/C=C/C(=O)NOC4CCCCO4)cc3Cl)CCNC2)CC1. The van der Waals surface area contributed by atoms with Crippen molar-refractivity contribution < 1.29 is 19.2 Å². The average Bonchev–Trinajstić information content (AvgIpc) is 3.38. The van der Waals surface area contributed by atoms with E-state index in [0.29, 0.717) is 41.9 Å². The second-order valence-electron chi connectivity index (χ2n) is 10.8. The van der Waals surface area contributed by atoms with Crippen LogP contribution in [0.2, 0.25) is 5.02 Å². The number of hydrogen-bond acceptors (Lipinski definition) is 8. The van der Waals surface area contributed by atoms with E-state index in [1.807, 2.05) is 0 Å². The van der Waals surface area contributed by atoms with Gasteiger partial charge in [-0.3, -0.25) is 9.59 Å². The maximum absolute atomic E-state index is 13.7. The van der Waals surface area contributed by atoms with Crippen LogP contribution >= 0.6 is 11.6 Å². The highest BCUT2D eigenvalue weighted by atomic mass is 35.5. The summed E-state index contributed by atoms with van der Waals surface area (Å²) >= 11 is 6.57. The molecular weight excluding hydrogens is 494 g/mol. The first-order valence-electron chi connectivity index (χ1n) is 13.4. The van der Waals surface area contributed by atoms with E-state index in [4.69, 9.17) is 21.2 Å². The fraction of sp³-hybridized carbons (Fsp3) is 0.667. The first-order chi connectivity index (χ1) is 17.8. The molecule has 0 bridgehead atoms. The van der Waals surface area contributed by atoms with E-state index in [-0.39, 0.29) is 11.7 Å².